The zero-order valence-electron chi connectivity index (χ0n) is 14.2. The van der Waals surface area contributed by atoms with Gasteiger partial charge in [-0.3, -0.25) is 4.79 Å². The number of amides is 1. The lowest BCUT2D eigenvalue weighted by Gasteiger charge is -2.17. The summed E-state index contributed by atoms with van der Waals surface area (Å²) in [7, 11) is 0. The molecule has 0 heterocycles. The Morgan fingerprint density at radius 1 is 1.30 bits per heavy atom. The first-order valence-electron chi connectivity index (χ1n) is 8.36. The molecule has 1 aromatic rings. The van der Waals surface area contributed by atoms with Crippen LogP contribution in [0.25, 0.3) is 0 Å². The van der Waals surface area contributed by atoms with Gasteiger partial charge in [0.15, 0.2) is 6.10 Å². The summed E-state index contributed by atoms with van der Waals surface area (Å²) in [5.41, 5.74) is 3.38. The number of aryl methyl sites for hydroxylation is 2. The lowest BCUT2D eigenvalue weighted by Crippen LogP contribution is -2.37. The summed E-state index contributed by atoms with van der Waals surface area (Å²) >= 11 is 6.15. The van der Waals surface area contributed by atoms with Gasteiger partial charge in [0.25, 0.3) is 5.91 Å². The highest BCUT2D eigenvalue weighted by atomic mass is 35.5. The number of allylic oxidation sites excluding steroid dienone is 1. The molecule has 0 aliphatic heterocycles. The molecule has 1 aromatic carbocycles. The van der Waals surface area contributed by atoms with Crippen LogP contribution < -0.4 is 10.1 Å². The lowest BCUT2D eigenvalue weighted by molar-refractivity contribution is -0.127. The van der Waals surface area contributed by atoms with Crippen LogP contribution in [0.3, 0.4) is 0 Å². The summed E-state index contributed by atoms with van der Waals surface area (Å²) in [6.07, 6.45) is 7.65. The van der Waals surface area contributed by atoms with E-state index < -0.39 is 6.10 Å². The first-order chi connectivity index (χ1) is 11.0. The second kappa shape index (κ2) is 8.39. The van der Waals surface area contributed by atoms with Crippen LogP contribution in [0, 0.1) is 13.8 Å². The molecular formula is C19H26ClNO2. The third-order valence-electron chi connectivity index (χ3n) is 4.22. The third-order valence-corrected chi connectivity index (χ3v) is 4.82. The van der Waals surface area contributed by atoms with Crippen LogP contribution >= 0.6 is 11.6 Å². The first-order valence-corrected chi connectivity index (χ1v) is 8.74. The predicted molar refractivity (Wildman–Crippen MR) is 95.2 cm³/mol. The van der Waals surface area contributed by atoms with Gasteiger partial charge in [-0.2, -0.15) is 0 Å². The predicted octanol–water partition coefficient (Wildman–Crippen LogP) is 4.73. The lowest BCUT2D eigenvalue weighted by atomic mass is 9.97. The van der Waals surface area contributed by atoms with Gasteiger partial charge in [0, 0.05) is 11.6 Å². The van der Waals surface area contributed by atoms with Crippen LogP contribution in [-0.2, 0) is 4.79 Å². The smallest absolute Gasteiger partial charge is 0.260 e. The monoisotopic (exact) mass is 335 g/mol. The molecule has 1 N–H and O–H groups in total. The van der Waals surface area contributed by atoms with Crippen molar-refractivity contribution in [3.8, 4) is 5.75 Å². The van der Waals surface area contributed by atoms with Gasteiger partial charge in [-0.1, -0.05) is 23.3 Å². The van der Waals surface area contributed by atoms with Crippen molar-refractivity contribution in [1.29, 1.82) is 0 Å². The van der Waals surface area contributed by atoms with Gasteiger partial charge in [0.2, 0.25) is 0 Å². The molecule has 0 saturated heterocycles. The zero-order chi connectivity index (χ0) is 16.8. The molecule has 1 aliphatic rings. The van der Waals surface area contributed by atoms with E-state index in [9.17, 15) is 4.79 Å². The van der Waals surface area contributed by atoms with Gasteiger partial charge in [-0.05, 0) is 76.1 Å². The van der Waals surface area contributed by atoms with Crippen LogP contribution in [0.15, 0.2) is 23.8 Å². The first kappa shape index (κ1) is 17.9. The average molecular weight is 336 g/mol. The maximum atomic E-state index is 12.1. The highest BCUT2D eigenvalue weighted by Gasteiger charge is 2.15. The quantitative estimate of drug-likeness (QED) is 0.763. The van der Waals surface area contributed by atoms with Crippen LogP contribution in [0.1, 0.15) is 50.2 Å². The van der Waals surface area contributed by atoms with E-state index in [2.05, 4.69) is 11.4 Å². The summed E-state index contributed by atoms with van der Waals surface area (Å²) in [5.74, 6) is 0.605. The molecule has 0 fully saturated rings. The molecule has 1 unspecified atom stereocenters. The normalized spacial score (nSPS) is 15.7. The second-order valence-electron chi connectivity index (χ2n) is 6.28. The van der Waals surface area contributed by atoms with Crippen molar-refractivity contribution in [2.24, 2.45) is 0 Å². The molecule has 0 aromatic heterocycles. The van der Waals surface area contributed by atoms with Gasteiger partial charge in [0.1, 0.15) is 5.75 Å². The van der Waals surface area contributed by atoms with Gasteiger partial charge in [0.05, 0.1) is 0 Å². The van der Waals surface area contributed by atoms with Crippen LogP contribution in [0.2, 0.25) is 5.02 Å². The third kappa shape index (κ3) is 5.28. The van der Waals surface area contributed by atoms with E-state index in [4.69, 9.17) is 16.3 Å². The standard InChI is InChI=1S/C19H26ClNO2/c1-13-11-17(12-14(2)18(13)20)23-15(3)19(22)21-10-9-16-7-5-4-6-8-16/h7,11-12,15H,4-6,8-10H2,1-3H3,(H,21,22). The largest absolute Gasteiger partial charge is 0.481 e. The minimum atomic E-state index is -0.518. The fourth-order valence-electron chi connectivity index (χ4n) is 2.85. The Kier molecular flexibility index (Phi) is 6.52. The summed E-state index contributed by atoms with van der Waals surface area (Å²) in [6, 6.07) is 3.73. The molecule has 126 valence electrons. The van der Waals surface area contributed by atoms with E-state index in [1.54, 1.807) is 6.92 Å². The van der Waals surface area contributed by atoms with Crippen molar-refractivity contribution in [3.63, 3.8) is 0 Å². The highest BCUT2D eigenvalue weighted by Crippen LogP contribution is 2.26. The van der Waals surface area contributed by atoms with Crippen molar-refractivity contribution in [2.75, 3.05) is 6.54 Å². The number of carbonyl (C=O) groups excluding carboxylic acids is 1. The Hall–Kier alpha value is -1.48. The molecule has 0 spiro atoms. The summed E-state index contributed by atoms with van der Waals surface area (Å²) in [5, 5.41) is 3.71. The molecule has 1 atom stereocenters. The molecule has 23 heavy (non-hydrogen) atoms. The minimum absolute atomic E-state index is 0.0772. The summed E-state index contributed by atoms with van der Waals surface area (Å²) < 4.78 is 5.75. The van der Waals surface area contributed by atoms with Crippen molar-refractivity contribution < 1.29 is 9.53 Å². The number of ether oxygens (including phenoxy) is 1. The molecular weight excluding hydrogens is 310 g/mol. The molecule has 4 heteroatoms. The SMILES string of the molecule is Cc1cc(OC(C)C(=O)NCCC2=CCCCC2)cc(C)c1Cl. The number of rotatable bonds is 6. The van der Waals surface area contributed by atoms with Crippen LogP contribution in [0.5, 0.6) is 5.75 Å². The van der Waals surface area contributed by atoms with Gasteiger partial charge >= 0.3 is 0 Å². The van der Waals surface area contributed by atoms with Crippen LogP contribution in [-0.4, -0.2) is 18.6 Å². The number of hydrogen-bond acceptors (Lipinski definition) is 2. The topological polar surface area (TPSA) is 38.3 Å². The minimum Gasteiger partial charge on any atom is -0.481 e. The van der Waals surface area contributed by atoms with E-state index in [0.717, 1.165) is 22.6 Å². The van der Waals surface area contributed by atoms with E-state index >= 15 is 0 Å². The molecule has 0 bridgehead atoms. The van der Waals surface area contributed by atoms with Gasteiger partial charge < -0.3 is 10.1 Å². The molecule has 2 rings (SSSR count). The van der Waals surface area contributed by atoms with Crippen molar-refractivity contribution in [3.05, 3.63) is 39.9 Å². The fourth-order valence-corrected chi connectivity index (χ4v) is 2.96. The van der Waals surface area contributed by atoms with E-state index in [1.165, 1.54) is 31.3 Å². The summed E-state index contributed by atoms with van der Waals surface area (Å²) in [4.78, 5) is 12.1. The van der Waals surface area contributed by atoms with E-state index in [0.29, 0.717) is 12.3 Å². The summed E-state index contributed by atoms with van der Waals surface area (Å²) in [6.45, 7) is 6.32. The van der Waals surface area contributed by atoms with Gasteiger partial charge in [-0.15, -0.1) is 0 Å². The number of carbonyl (C=O) groups is 1. The van der Waals surface area contributed by atoms with Gasteiger partial charge in [-0.25, -0.2) is 0 Å². The maximum absolute atomic E-state index is 12.1. The van der Waals surface area contributed by atoms with Crippen molar-refractivity contribution in [2.45, 2.75) is 59.0 Å². The average Bonchev–Trinajstić information content (AvgIpc) is 2.53. The Bertz CT molecular complexity index is 572. The zero-order valence-corrected chi connectivity index (χ0v) is 15.0. The molecule has 3 nitrogen and oxygen atoms in total. The van der Waals surface area contributed by atoms with Crippen molar-refractivity contribution in [1.82, 2.24) is 5.32 Å². The number of benzene rings is 1. The maximum Gasteiger partial charge on any atom is 0.260 e. The molecule has 0 saturated carbocycles. The molecule has 0 radical (unpaired) electrons. The molecule has 1 amide bonds. The van der Waals surface area contributed by atoms with Crippen molar-refractivity contribution >= 4 is 17.5 Å². The second-order valence-corrected chi connectivity index (χ2v) is 6.66. The number of hydrogen-bond donors (Lipinski definition) is 1. The van der Waals surface area contributed by atoms with E-state index in [-0.39, 0.29) is 5.91 Å². The Morgan fingerprint density at radius 3 is 2.61 bits per heavy atom. The number of halogens is 1. The van der Waals surface area contributed by atoms with Crippen LogP contribution in [0.4, 0.5) is 0 Å². The highest BCUT2D eigenvalue weighted by molar-refractivity contribution is 6.32. The van der Waals surface area contributed by atoms with E-state index in [1.807, 2.05) is 26.0 Å². The Labute approximate surface area is 144 Å². The molecule has 1 aliphatic carbocycles. The fraction of sp³-hybridized carbons (Fsp3) is 0.526. The number of nitrogens with one attached hydrogen (secondary N) is 1. The Morgan fingerprint density at radius 2 is 2.00 bits per heavy atom. The Balaban J connectivity index is 1.81.